The summed E-state index contributed by atoms with van der Waals surface area (Å²) in [6, 6.07) is 4.24. The fourth-order valence-electron chi connectivity index (χ4n) is 1.44. The van der Waals surface area contributed by atoms with Gasteiger partial charge in [-0.05, 0) is 25.6 Å². The highest BCUT2D eigenvalue weighted by atomic mass is 35.5. The average molecular weight is 273 g/mol. The summed E-state index contributed by atoms with van der Waals surface area (Å²) >= 11 is 9.16. The summed E-state index contributed by atoms with van der Waals surface area (Å²) in [4.78, 5) is 5.76. The van der Waals surface area contributed by atoms with E-state index in [1.165, 1.54) is 0 Å². The molecule has 5 heteroatoms. The van der Waals surface area contributed by atoms with Gasteiger partial charge in [0.05, 0.1) is 14.9 Å². The fourth-order valence-corrected chi connectivity index (χ4v) is 3.47. The van der Waals surface area contributed by atoms with Gasteiger partial charge in [0.15, 0.2) is 0 Å². The molecule has 0 saturated carbocycles. The van der Waals surface area contributed by atoms with Crippen LogP contribution in [0.25, 0.3) is 9.88 Å². The maximum Gasteiger partial charge on any atom is 0.133 e. The molecule has 1 unspecified atom stereocenters. The van der Waals surface area contributed by atoms with E-state index in [2.05, 4.69) is 29.5 Å². The molecular formula is C11H13ClN2S2. The van der Waals surface area contributed by atoms with Gasteiger partial charge in [-0.3, -0.25) is 0 Å². The second-order valence-electron chi connectivity index (χ2n) is 3.46. The molecule has 2 heterocycles. The van der Waals surface area contributed by atoms with Crippen LogP contribution in [0, 0.1) is 0 Å². The minimum atomic E-state index is 0.311. The molecule has 2 nitrogen and oxygen atoms in total. The number of nitrogens with one attached hydrogen (secondary N) is 1. The Bertz CT molecular complexity index is 464. The smallest absolute Gasteiger partial charge is 0.133 e. The van der Waals surface area contributed by atoms with Crippen LogP contribution >= 0.6 is 34.3 Å². The lowest BCUT2D eigenvalue weighted by Crippen LogP contribution is -2.17. The maximum absolute atomic E-state index is 5.91. The molecule has 0 aliphatic heterocycles. The van der Waals surface area contributed by atoms with Crippen molar-refractivity contribution in [1.29, 1.82) is 0 Å². The summed E-state index contributed by atoms with van der Waals surface area (Å²) in [6.45, 7) is 5.19. The molecule has 1 N–H and O–H groups in total. The fraction of sp³-hybridized carbons (Fsp3) is 0.364. The molecule has 2 aromatic heterocycles. The van der Waals surface area contributed by atoms with E-state index < -0.39 is 0 Å². The SMILES string of the molecule is CCNC(C)c1csc(-c2ccc(Cl)s2)n1. The van der Waals surface area contributed by atoms with Gasteiger partial charge >= 0.3 is 0 Å². The molecule has 0 amide bonds. The van der Waals surface area contributed by atoms with Gasteiger partial charge in [0.25, 0.3) is 0 Å². The molecule has 0 saturated heterocycles. The zero-order valence-corrected chi connectivity index (χ0v) is 11.5. The first-order valence-corrected chi connectivity index (χ1v) is 7.22. The van der Waals surface area contributed by atoms with Crippen molar-refractivity contribution >= 4 is 34.3 Å². The first-order chi connectivity index (χ1) is 7.70. The van der Waals surface area contributed by atoms with Gasteiger partial charge in [0, 0.05) is 11.4 Å². The predicted octanol–water partition coefficient (Wildman–Crippen LogP) is 4.20. The van der Waals surface area contributed by atoms with Gasteiger partial charge in [0.1, 0.15) is 5.01 Å². The monoisotopic (exact) mass is 272 g/mol. The molecule has 2 aromatic rings. The number of halogens is 1. The Morgan fingerprint density at radius 3 is 2.94 bits per heavy atom. The Hall–Kier alpha value is -0.420. The summed E-state index contributed by atoms with van der Waals surface area (Å²) in [5, 5.41) is 6.51. The van der Waals surface area contributed by atoms with Gasteiger partial charge in [-0.25, -0.2) is 4.98 Å². The third kappa shape index (κ3) is 2.63. The number of rotatable bonds is 4. The Kier molecular flexibility index (Phi) is 3.97. The lowest BCUT2D eigenvalue weighted by atomic mass is 10.2. The Morgan fingerprint density at radius 1 is 1.50 bits per heavy atom. The molecule has 0 aromatic carbocycles. The zero-order valence-electron chi connectivity index (χ0n) is 9.16. The van der Waals surface area contributed by atoms with E-state index in [1.54, 1.807) is 22.7 Å². The molecule has 0 radical (unpaired) electrons. The van der Waals surface area contributed by atoms with Crippen molar-refractivity contribution in [2.75, 3.05) is 6.54 Å². The molecular weight excluding hydrogens is 260 g/mol. The van der Waals surface area contributed by atoms with Crippen molar-refractivity contribution in [3.63, 3.8) is 0 Å². The van der Waals surface area contributed by atoms with Gasteiger partial charge in [-0.2, -0.15) is 0 Å². The topological polar surface area (TPSA) is 24.9 Å². The van der Waals surface area contributed by atoms with E-state index in [9.17, 15) is 0 Å². The second-order valence-corrected chi connectivity index (χ2v) is 6.03. The van der Waals surface area contributed by atoms with E-state index >= 15 is 0 Å². The van der Waals surface area contributed by atoms with Crippen molar-refractivity contribution in [1.82, 2.24) is 10.3 Å². The van der Waals surface area contributed by atoms with E-state index in [0.717, 1.165) is 26.5 Å². The highest BCUT2D eigenvalue weighted by molar-refractivity contribution is 7.23. The van der Waals surface area contributed by atoms with Crippen molar-refractivity contribution in [3.8, 4) is 9.88 Å². The van der Waals surface area contributed by atoms with E-state index in [0.29, 0.717) is 6.04 Å². The van der Waals surface area contributed by atoms with Crippen LogP contribution in [-0.4, -0.2) is 11.5 Å². The van der Waals surface area contributed by atoms with Crippen LogP contribution in [0.2, 0.25) is 4.34 Å². The lowest BCUT2D eigenvalue weighted by molar-refractivity contribution is 0.587. The zero-order chi connectivity index (χ0) is 11.5. The number of nitrogens with zero attached hydrogens (tertiary/aromatic N) is 1. The summed E-state index contributed by atoms with van der Waals surface area (Å²) in [5.41, 5.74) is 1.10. The van der Waals surface area contributed by atoms with Gasteiger partial charge in [-0.15, -0.1) is 22.7 Å². The van der Waals surface area contributed by atoms with Crippen LogP contribution in [0.3, 0.4) is 0 Å². The van der Waals surface area contributed by atoms with Crippen LogP contribution in [0.4, 0.5) is 0 Å². The van der Waals surface area contributed by atoms with Crippen molar-refractivity contribution < 1.29 is 0 Å². The molecule has 1 atom stereocenters. The predicted molar refractivity (Wildman–Crippen MR) is 72.5 cm³/mol. The molecule has 86 valence electrons. The van der Waals surface area contributed by atoms with Crippen LogP contribution < -0.4 is 5.32 Å². The molecule has 0 aliphatic rings. The van der Waals surface area contributed by atoms with Gasteiger partial charge in [-0.1, -0.05) is 18.5 Å². The third-order valence-corrected chi connectivity index (χ3v) is 4.52. The van der Waals surface area contributed by atoms with Gasteiger partial charge in [0.2, 0.25) is 0 Å². The Labute approximate surface area is 108 Å². The Balaban J connectivity index is 2.19. The quantitative estimate of drug-likeness (QED) is 0.902. The first kappa shape index (κ1) is 12.0. The minimum Gasteiger partial charge on any atom is -0.309 e. The number of thiophene rings is 1. The summed E-state index contributed by atoms with van der Waals surface area (Å²) in [7, 11) is 0. The van der Waals surface area contributed by atoms with Crippen LogP contribution in [0.5, 0.6) is 0 Å². The summed E-state index contributed by atoms with van der Waals surface area (Å²) in [6.07, 6.45) is 0. The standard InChI is InChI=1S/C11H13ClN2S2/c1-3-13-7(2)8-6-15-11(14-8)9-4-5-10(12)16-9/h4-7,13H,3H2,1-2H3. The molecule has 16 heavy (non-hydrogen) atoms. The molecule has 0 fully saturated rings. The summed E-state index contributed by atoms with van der Waals surface area (Å²) in [5.74, 6) is 0. The van der Waals surface area contributed by atoms with Crippen LogP contribution in [-0.2, 0) is 0 Å². The van der Waals surface area contributed by atoms with Crippen LogP contribution in [0.1, 0.15) is 25.6 Å². The van der Waals surface area contributed by atoms with E-state index in [1.807, 2.05) is 12.1 Å². The van der Waals surface area contributed by atoms with Crippen molar-refractivity contribution in [2.24, 2.45) is 0 Å². The van der Waals surface area contributed by atoms with Crippen LogP contribution in [0.15, 0.2) is 17.5 Å². The second kappa shape index (κ2) is 5.27. The highest BCUT2D eigenvalue weighted by Crippen LogP contribution is 2.33. The molecule has 2 rings (SSSR count). The average Bonchev–Trinajstić information content (AvgIpc) is 2.85. The minimum absolute atomic E-state index is 0.311. The summed E-state index contributed by atoms with van der Waals surface area (Å²) < 4.78 is 0.812. The third-order valence-electron chi connectivity index (χ3n) is 2.26. The maximum atomic E-state index is 5.91. The molecule has 0 aliphatic carbocycles. The first-order valence-electron chi connectivity index (χ1n) is 5.15. The lowest BCUT2D eigenvalue weighted by Gasteiger charge is -2.07. The van der Waals surface area contributed by atoms with E-state index in [-0.39, 0.29) is 0 Å². The van der Waals surface area contributed by atoms with Crippen molar-refractivity contribution in [2.45, 2.75) is 19.9 Å². The number of aromatic nitrogens is 1. The number of hydrogen-bond acceptors (Lipinski definition) is 4. The largest absolute Gasteiger partial charge is 0.309 e. The van der Waals surface area contributed by atoms with Gasteiger partial charge < -0.3 is 5.32 Å². The molecule has 0 spiro atoms. The molecule has 0 bridgehead atoms. The normalized spacial score (nSPS) is 12.9. The number of thiazole rings is 1. The Morgan fingerprint density at radius 2 is 2.31 bits per heavy atom. The van der Waals surface area contributed by atoms with Crippen molar-refractivity contribution in [3.05, 3.63) is 27.5 Å². The van der Waals surface area contributed by atoms with E-state index in [4.69, 9.17) is 11.6 Å². The highest BCUT2D eigenvalue weighted by Gasteiger charge is 2.11. The number of hydrogen-bond donors (Lipinski definition) is 1.